The van der Waals surface area contributed by atoms with Gasteiger partial charge in [0, 0.05) is 0 Å². The van der Waals surface area contributed by atoms with Crippen molar-refractivity contribution < 1.29 is 18.0 Å². The van der Waals surface area contributed by atoms with Crippen LogP contribution in [-0.2, 0) is 4.79 Å². The molecule has 0 radical (unpaired) electrons. The Kier molecular flexibility index (Phi) is 2.83. The molecule has 7 heteroatoms. The number of alkyl halides is 3. The number of hydrogen-bond donors (Lipinski definition) is 3. The highest BCUT2D eigenvalue weighted by atomic mass is 19.4. The summed E-state index contributed by atoms with van der Waals surface area (Å²) in [5.41, 5.74) is 6.79. The number of carbonyl (C=O) groups is 1. The minimum Gasteiger partial charge on any atom is -0.394 e. The second-order valence-electron chi connectivity index (χ2n) is 1.88. The van der Waals surface area contributed by atoms with Crippen molar-refractivity contribution in [2.75, 3.05) is 0 Å². The van der Waals surface area contributed by atoms with E-state index < -0.39 is 23.5 Å². The van der Waals surface area contributed by atoms with Gasteiger partial charge in [-0.1, -0.05) is 0 Å². The van der Waals surface area contributed by atoms with Crippen molar-refractivity contribution in [3.63, 3.8) is 0 Å². The summed E-state index contributed by atoms with van der Waals surface area (Å²) in [5.74, 6) is -1.19. The van der Waals surface area contributed by atoms with E-state index >= 15 is 0 Å². The average molecular weight is 181 g/mol. The molecule has 0 aliphatic rings. The van der Waals surface area contributed by atoms with E-state index in [0.29, 0.717) is 0 Å². The Morgan fingerprint density at radius 3 is 2.00 bits per heavy atom. The standard InChI is InChI=1S/C5H6F3N3O/c6-5(7,8)3(10)1-2(9)4(11)12/h1,10H,9H2,(H2,11,12)/b2-1-,10-3?. The van der Waals surface area contributed by atoms with Crippen LogP contribution in [0.2, 0.25) is 0 Å². The van der Waals surface area contributed by atoms with Crippen molar-refractivity contribution in [3.8, 4) is 0 Å². The Morgan fingerprint density at radius 1 is 1.33 bits per heavy atom. The maximum atomic E-state index is 11.6. The van der Waals surface area contributed by atoms with E-state index in [1.165, 1.54) is 0 Å². The number of allylic oxidation sites excluding steroid dienone is 1. The van der Waals surface area contributed by atoms with Crippen LogP contribution >= 0.6 is 0 Å². The second-order valence-corrected chi connectivity index (χ2v) is 1.88. The molecule has 0 spiro atoms. The SMILES string of the molecule is N=C(/C=C(\N)C(N)=O)C(F)(F)F. The van der Waals surface area contributed by atoms with Gasteiger partial charge in [0.05, 0.1) is 5.70 Å². The Labute approximate surface area is 65.5 Å². The average Bonchev–Trinajstić information content (AvgIpc) is 1.85. The van der Waals surface area contributed by atoms with Gasteiger partial charge in [0.1, 0.15) is 5.71 Å². The summed E-state index contributed by atoms with van der Waals surface area (Å²) >= 11 is 0. The van der Waals surface area contributed by atoms with Crippen LogP contribution in [0, 0.1) is 5.41 Å². The Hall–Kier alpha value is -1.53. The van der Waals surface area contributed by atoms with Crippen molar-refractivity contribution in [3.05, 3.63) is 11.8 Å². The van der Waals surface area contributed by atoms with E-state index in [1.807, 2.05) is 0 Å². The molecule has 12 heavy (non-hydrogen) atoms. The van der Waals surface area contributed by atoms with Crippen molar-refractivity contribution >= 4 is 11.6 Å². The minimum atomic E-state index is -4.81. The van der Waals surface area contributed by atoms with Gasteiger partial charge in [0.2, 0.25) is 0 Å². The molecule has 0 aromatic heterocycles. The first-order valence-electron chi connectivity index (χ1n) is 2.68. The summed E-state index contributed by atoms with van der Waals surface area (Å²) in [6.45, 7) is 0. The molecule has 1 amide bonds. The molecule has 0 aliphatic heterocycles. The third kappa shape index (κ3) is 3.04. The van der Waals surface area contributed by atoms with Crippen LogP contribution in [0.4, 0.5) is 13.2 Å². The molecule has 0 unspecified atom stereocenters. The van der Waals surface area contributed by atoms with E-state index in [1.54, 1.807) is 0 Å². The number of hydrogen-bond acceptors (Lipinski definition) is 3. The van der Waals surface area contributed by atoms with Gasteiger partial charge < -0.3 is 11.5 Å². The number of amides is 1. The summed E-state index contributed by atoms with van der Waals surface area (Å²) in [4.78, 5) is 10.1. The number of nitrogens with one attached hydrogen (secondary N) is 1. The molecule has 0 bridgehead atoms. The quantitative estimate of drug-likeness (QED) is 0.409. The zero-order valence-corrected chi connectivity index (χ0v) is 5.77. The first kappa shape index (κ1) is 10.5. The molecule has 0 rings (SSSR count). The maximum Gasteiger partial charge on any atom is 0.432 e. The first-order chi connectivity index (χ1) is 5.25. The van der Waals surface area contributed by atoms with Gasteiger partial charge in [-0.05, 0) is 6.08 Å². The van der Waals surface area contributed by atoms with Crippen LogP contribution in [-0.4, -0.2) is 17.8 Å². The number of primary amides is 1. The molecule has 5 N–H and O–H groups in total. The Morgan fingerprint density at radius 2 is 1.75 bits per heavy atom. The number of nitrogens with two attached hydrogens (primary N) is 2. The fourth-order valence-corrected chi connectivity index (χ4v) is 0.308. The van der Waals surface area contributed by atoms with Crippen LogP contribution in [0.15, 0.2) is 11.8 Å². The Balaban J connectivity index is 4.57. The molecule has 0 aliphatic carbocycles. The smallest absolute Gasteiger partial charge is 0.394 e. The molecule has 0 aromatic rings. The minimum absolute atomic E-state index is 0.169. The van der Waals surface area contributed by atoms with Crippen molar-refractivity contribution in [1.82, 2.24) is 0 Å². The summed E-state index contributed by atoms with van der Waals surface area (Å²) < 4.78 is 34.8. The summed E-state index contributed by atoms with van der Waals surface area (Å²) in [6, 6.07) is 0. The predicted octanol–water partition coefficient (Wildman–Crippen LogP) is -0.104. The zero-order chi connectivity index (χ0) is 9.94. The maximum absolute atomic E-state index is 11.6. The third-order valence-electron chi connectivity index (χ3n) is 0.890. The van der Waals surface area contributed by atoms with Gasteiger partial charge in [-0.25, -0.2) is 0 Å². The molecular weight excluding hydrogens is 175 g/mol. The van der Waals surface area contributed by atoms with Crippen molar-refractivity contribution in [1.29, 1.82) is 5.41 Å². The van der Waals surface area contributed by atoms with Crippen LogP contribution in [0.25, 0.3) is 0 Å². The lowest BCUT2D eigenvalue weighted by Crippen LogP contribution is -2.25. The van der Waals surface area contributed by atoms with E-state index in [4.69, 9.17) is 11.1 Å². The van der Waals surface area contributed by atoms with Crippen LogP contribution in [0.5, 0.6) is 0 Å². The fraction of sp³-hybridized carbons (Fsp3) is 0.200. The molecule has 0 fully saturated rings. The number of halogens is 3. The van der Waals surface area contributed by atoms with E-state index in [9.17, 15) is 18.0 Å². The van der Waals surface area contributed by atoms with Crippen LogP contribution in [0.3, 0.4) is 0 Å². The van der Waals surface area contributed by atoms with Crippen LogP contribution < -0.4 is 11.5 Å². The van der Waals surface area contributed by atoms with Gasteiger partial charge in [-0.3, -0.25) is 10.2 Å². The highest BCUT2D eigenvalue weighted by molar-refractivity contribution is 6.03. The van der Waals surface area contributed by atoms with Gasteiger partial charge in [-0.2, -0.15) is 13.2 Å². The highest BCUT2D eigenvalue weighted by Gasteiger charge is 2.33. The second kappa shape index (κ2) is 3.24. The zero-order valence-electron chi connectivity index (χ0n) is 5.77. The summed E-state index contributed by atoms with van der Waals surface area (Å²) in [7, 11) is 0. The highest BCUT2D eigenvalue weighted by Crippen LogP contribution is 2.16. The van der Waals surface area contributed by atoms with Crippen molar-refractivity contribution in [2.24, 2.45) is 11.5 Å². The molecule has 68 valence electrons. The predicted molar refractivity (Wildman–Crippen MR) is 35.2 cm³/mol. The molecule has 0 saturated heterocycles. The lowest BCUT2D eigenvalue weighted by Gasteiger charge is -2.03. The molecular formula is C5H6F3N3O. The topological polar surface area (TPSA) is 93.0 Å². The van der Waals surface area contributed by atoms with Gasteiger partial charge in [-0.15, -0.1) is 0 Å². The monoisotopic (exact) mass is 181 g/mol. The summed E-state index contributed by atoms with van der Waals surface area (Å²) in [6.07, 6.45) is -4.64. The lowest BCUT2D eigenvalue weighted by atomic mass is 10.3. The summed E-state index contributed by atoms with van der Waals surface area (Å²) in [5, 5.41) is 6.37. The van der Waals surface area contributed by atoms with Gasteiger partial charge in [0.15, 0.2) is 0 Å². The molecule has 4 nitrogen and oxygen atoms in total. The first-order valence-corrected chi connectivity index (χ1v) is 2.68. The van der Waals surface area contributed by atoms with Crippen LogP contribution in [0.1, 0.15) is 0 Å². The van der Waals surface area contributed by atoms with E-state index in [-0.39, 0.29) is 6.08 Å². The van der Waals surface area contributed by atoms with Gasteiger partial charge in [0.25, 0.3) is 5.91 Å². The normalized spacial score (nSPS) is 12.8. The van der Waals surface area contributed by atoms with Crippen molar-refractivity contribution in [2.45, 2.75) is 6.18 Å². The molecule has 0 atom stereocenters. The van der Waals surface area contributed by atoms with E-state index in [2.05, 4.69) is 5.73 Å². The molecule has 0 saturated carbocycles. The largest absolute Gasteiger partial charge is 0.432 e. The number of rotatable bonds is 2. The molecule has 0 aromatic carbocycles. The van der Waals surface area contributed by atoms with E-state index in [0.717, 1.165) is 0 Å². The van der Waals surface area contributed by atoms with Gasteiger partial charge >= 0.3 is 6.18 Å². The number of carbonyl (C=O) groups excluding carboxylic acids is 1. The third-order valence-corrected chi connectivity index (χ3v) is 0.890. The Bertz CT molecular complexity index is 243. The lowest BCUT2D eigenvalue weighted by molar-refractivity contribution is -0.114. The molecule has 0 heterocycles. The fourth-order valence-electron chi connectivity index (χ4n) is 0.308.